The van der Waals surface area contributed by atoms with Crippen LogP contribution in [0.4, 0.5) is 4.39 Å². The van der Waals surface area contributed by atoms with Gasteiger partial charge in [0.15, 0.2) is 0 Å². The van der Waals surface area contributed by atoms with Crippen LogP contribution in [0.15, 0.2) is 24.3 Å². The van der Waals surface area contributed by atoms with Crippen LogP contribution in [0.25, 0.3) is 0 Å². The van der Waals surface area contributed by atoms with Crippen molar-refractivity contribution in [3.8, 4) is 0 Å². The second kappa shape index (κ2) is 4.93. The van der Waals surface area contributed by atoms with Crippen LogP contribution >= 0.6 is 0 Å². The second-order valence-corrected chi connectivity index (χ2v) is 5.63. The average Bonchev–Trinajstić information content (AvgIpc) is 2.87. The van der Waals surface area contributed by atoms with Gasteiger partial charge in [-0.05, 0) is 31.9 Å². The van der Waals surface area contributed by atoms with Gasteiger partial charge in [-0.25, -0.2) is 4.39 Å². The molecular formula is C15H19FN2O. The van der Waals surface area contributed by atoms with Crippen LogP contribution in [0.2, 0.25) is 0 Å². The molecule has 0 aliphatic carbocycles. The zero-order valence-corrected chi connectivity index (χ0v) is 11.0. The molecule has 2 heterocycles. The summed E-state index contributed by atoms with van der Waals surface area (Å²) < 4.78 is 13.7. The predicted molar refractivity (Wildman–Crippen MR) is 71.0 cm³/mol. The van der Waals surface area contributed by atoms with E-state index in [0.29, 0.717) is 12.1 Å². The van der Waals surface area contributed by atoms with Gasteiger partial charge in [0.1, 0.15) is 5.82 Å². The van der Waals surface area contributed by atoms with Gasteiger partial charge in [-0.2, -0.15) is 0 Å². The van der Waals surface area contributed by atoms with Crippen molar-refractivity contribution in [2.45, 2.75) is 25.8 Å². The van der Waals surface area contributed by atoms with Gasteiger partial charge in [0, 0.05) is 25.2 Å². The van der Waals surface area contributed by atoms with E-state index in [9.17, 15) is 9.18 Å². The minimum atomic E-state index is -0.223. The maximum atomic E-state index is 13.7. The molecule has 1 aromatic carbocycles. The largest absolute Gasteiger partial charge is 0.338 e. The summed E-state index contributed by atoms with van der Waals surface area (Å²) in [6.45, 7) is 2.83. The second-order valence-electron chi connectivity index (χ2n) is 5.63. The number of nitrogens with zero attached hydrogens (tertiary/aromatic N) is 1. The molecule has 2 aliphatic rings. The van der Waals surface area contributed by atoms with Crippen molar-refractivity contribution in [2.75, 3.05) is 19.6 Å². The lowest BCUT2D eigenvalue weighted by Gasteiger charge is -2.39. The van der Waals surface area contributed by atoms with Crippen LogP contribution in [0.3, 0.4) is 0 Å². The third-order valence-electron chi connectivity index (χ3n) is 4.39. The Balaban J connectivity index is 1.78. The number of piperidine rings is 1. The lowest BCUT2D eigenvalue weighted by molar-refractivity contribution is -0.145. The number of carbonyl (C=O) groups is 1. The van der Waals surface area contributed by atoms with Crippen molar-refractivity contribution in [2.24, 2.45) is 5.41 Å². The first-order chi connectivity index (χ1) is 9.21. The Morgan fingerprint density at radius 1 is 1.32 bits per heavy atom. The quantitative estimate of drug-likeness (QED) is 0.883. The van der Waals surface area contributed by atoms with E-state index in [1.807, 2.05) is 11.0 Å². The Bertz CT molecular complexity index is 483. The minimum Gasteiger partial charge on any atom is -0.338 e. The highest BCUT2D eigenvalue weighted by Gasteiger charge is 2.45. The van der Waals surface area contributed by atoms with E-state index in [-0.39, 0.29) is 17.1 Å². The van der Waals surface area contributed by atoms with Crippen molar-refractivity contribution in [3.63, 3.8) is 0 Å². The molecule has 1 spiro atoms. The predicted octanol–water partition coefficient (Wildman–Crippen LogP) is 1.93. The number of likely N-dealkylation sites (tertiary alicyclic amines) is 1. The minimum absolute atomic E-state index is 0.201. The first-order valence-corrected chi connectivity index (χ1v) is 6.95. The fourth-order valence-corrected chi connectivity index (χ4v) is 3.27. The zero-order valence-electron chi connectivity index (χ0n) is 11.0. The van der Waals surface area contributed by atoms with Crippen LogP contribution < -0.4 is 5.32 Å². The van der Waals surface area contributed by atoms with Crippen molar-refractivity contribution in [1.82, 2.24) is 10.2 Å². The summed E-state index contributed by atoms with van der Waals surface area (Å²) in [7, 11) is 0. The van der Waals surface area contributed by atoms with Gasteiger partial charge in [0.05, 0.1) is 5.41 Å². The van der Waals surface area contributed by atoms with Crippen LogP contribution in [0, 0.1) is 11.2 Å². The van der Waals surface area contributed by atoms with Crippen molar-refractivity contribution >= 4 is 5.91 Å². The summed E-state index contributed by atoms with van der Waals surface area (Å²) in [6.07, 6.45) is 2.90. The van der Waals surface area contributed by atoms with E-state index in [4.69, 9.17) is 0 Å². The van der Waals surface area contributed by atoms with Crippen LogP contribution in [-0.4, -0.2) is 30.4 Å². The number of carbonyl (C=O) groups excluding carboxylic acids is 1. The molecule has 1 N–H and O–H groups in total. The SMILES string of the molecule is O=C1N(Cc2ccccc2F)CCC[C@@]12CCNC2. The molecule has 4 heteroatoms. The van der Waals surface area contributed by atoms with Crippen molar-refractivity contribution in [3.05, 3.63) is 35.6 Å². The highest BCUT2D eigenvalue weighted by atomic mass is 19.1. The lowest BCUT2D eigenvalue weighted by atomic mass is 9.78. The normalized spacial score (nSPS) is 27.2. The molecule has 1 amide bonds. The topological polar surface area (TPSA) is 32.3 Å². The summed E-state index contributed by atoms with van der Waals surface area (Å²) in [5.74, 6) is -0.0218. The standard InChI is InChI=1S/C15H19FN2O/c16-13-5-2-1-4-12(13)10-18-9-3-6-15(14(18)19)7-8-17-11-15/h1-2,4-5,17H,3,6-11H2/t15-/m0/s1. The molecule has 2 aliphatic heterocycles. The summed E-state index contributed by atoms with van der Waals surface area (Å²) >= 11 is 0. The molecular weight excluding hydrogens is 243 g/mol. The maximum Gasteiger partial charge on any atom is 0.230 e. The van der Waals surface area contributed by atoms with E-state index in [1.54, 1.807) is 12.1 Å². The maximum absolute atomic E-state index is 13.7. The Kier molecular flexibility index (Phi) is 3.27. The summed E-state index contributed by atoms with van der Waals surface area (Å²) in [5, 5.41) is 3.29. The fourth-order valence-electron chi connectivity index (χ4n) is 3.27. The third-order valence-corrected chi connectivity index (χ3v) is 4.39. The Labute approximate surface area is 112 Å². The molecule has 0 saturated carbocycles. The number of amides is 1. The van der Waals surface area contributed by atoms with Gasteiger partial charge in [-0.3, -0.25) is 4.79 Å². The van der Waals surface area contributed by atoms with Crippen LogP contribution in [0.1, 0.15) is 24.8 Å². The molecule has 2 saturated heterocycles. The smallest absolute Gasteiger partial charge is 0.230 e. The Morgan fingerprint density at radius 2 is 2.16 bits per heavy atom. The van der Waals surface area contributed by atoms with Gasteiger partial charge >= 0.3 is 0 Å². The fraction of sp³-hybridized carbons (Fsp3) is 0.533. The van der Waals surface area contributed by atoms with Gasteiger partial charge in [0.2, 0.25) is 5.91 Å². The van der Waals surface area contributed by atoms with Gasteiger partial charge in [-0.15, -0.1) is 0 Å². The first kappa shape index (κ1) is 12.6. The molecule has 0 radical (unpaired) electrons. The number of benzene rings is 1. The van der Waals surface area contributed by atoms with E-state index < -0.39 is 0 Å². The molecule has 2 fully saturated rings. The molecule has 1 atom stereocenters. The van der Waals surface area contributed by atoms with Gasteiger partial charge in [0.25, 0.3) is 0 Å². The van der Waals surface area contributed by atoms with Crippen molar-refractivity contribution < 1.29 is 9.18 Å². The molecule has 1 aromatic rings. The molecule has 0 unspecified atom stereocenters. The number of hydrogen-bond acceptors (Lipinski definition) is 2. The lowest BCUT2D eigenvalue weighted by Crippen LogP contribution is -2.49. The van der Waals surface area contributed by atoms with Crippen LogP contribution in [0.5, 0.6) is 0 Å². The molecule has 3 nitrogen and oxygen atoms in total. The number of rotatable bonds is 2. The van der Waals surface area contributed by atoms with E-state index >= 15 is 0 Å². The average molecular weight is 262 g/mol. The van der Waals surface area contributed by atoms with Crippen LogP contribution in [-0.2, 0) is 11.3 Å². The summed E-state index contributed by atoms with van der Waals surface area (Å²) in [4.78, 5) is 14.5. The molecule has 0 bridgehead atoms. The number of nitrogens with one attached hydrogen (secondary N) is 1. The molecule has 3 rings (SSSR count). The number of halogens is 1. The van der Waals surface area contributed by atoms with E-state index in [0.717, 1.165) is 38.9 Å². The van der Waals surface area contributed by atoms with Crippen molar-refractivity contribution in [1.29, 1.82) is 0 Å². The molecule has 102 valence electrons. The summed E-state index contributed by atoms with van der Waals surface area (Å²) in [6, 6.07) is 6.71. The monoisotopic (exact) mass is 262 g/mol. The zero-order chi connectivity index (χ0) is 13.3. The highest BCUT2D eigenvalue weighted by Crippen LogP contribution is 2.37. The van der Waals surface area contributed by atoms with E-state index in [2.05, 4.69) is 5.32 Å². The molecule has 19 heavy (non-hydrogen) atoms. The van der Waals surface area contributed by atoms with E-state index in [1.165, 1.54) is 6.07 Å². The summed E-state index contributed by atoms with van der Waals surface area (Å²) in [5.41, 5.74) is 0.391. The van der Waals surface area contributed by atoms with Gasteiger partial charge < -0.3 is 10.2 Å². The Morgan fingerprint density at radius 3 is 2.89 bits per heavy atom. The van der Waals surface area contributed by atoms with Gasteiger partial charge in [-0.1, -0.05) is 18.2 Å². The highest BCUT2D eigenvalue weighted by molar-refractivity contribution is 5.84. The molecule has 0 aromatic heterocycles. The Hall–Kier alpha value is -1.42. The number of hydrogen-bond donors (Lipinski definition) is 1. The third kappa shape index (κ3) is 2.25. The first-order valence-electron chi connectivity index (χ1n) is 6.95.